The molecule has 1 saturated heterocycles. The number of hydrogen-bond donors (Lipinski definition) is 1. The zero-order valence-electron chi connectivity index (χ0n) is 13.3. The van der Waals surface area contributed by atoms with Gasteiger partial charge in [0.2, 0.25) is 15.9 Å². The minimum absolute atomic E-state index is 0.0654. The van der Waals surface area contributed by atoms with Gasteiger partial charge in [0.05, 0.1) is 24.2 Å². The molecular formula is C15H22N2O5S. The van der Waals surface area contributed by atoms with E-state index in [-0.39, 0.29) is 17.9 Å². The van der Waals surface area contributed by atoms with Crippen LogP contribution in [0.4, 0.5) is 0 Å². The molecule has 2 N–H and O–H groups in total. The van der Waals surface area contributed by atoms with Crippen LogP contribution in [0.15, 0.2) is 29.2 Å². The number of amides is 1. The lowest BCUT2D eigenvalue weighted by molar-refractivity contribution is -0.120. The maximum atomic E-state index is 13.0. The van der Waals surface area contributed by atoms with Crippen LogP contribution in [0, 0.1) is 0 Å². The third kappa shape index (κ3) is 3.49. The minimum Gasteiger partial charge on any atom is -0.497 e. The topological polar surface area (TPSA) is 98.9 Å². The molecule has 0 aliphatic carbocycles. The van der Waals surface area contributed by atoms with Crippen molar-refractivity contribution < 1.29 is 22.7 Å². The average Bonchev–Trinajstić information content (AvgIpc) is 2.91. The van der Waals surface area contributed by atoms with E-state index >= 15 is 0 Å². The monoisotopic (exact) mass is 342 g/mol. The highest BCUT2D eigenvalue weighted by atomic mass is 32.2. The summed E-state index contributed by atoms with van der Waals surface area (Å²) < 4.78 is 37.7. The quantitative estimate of drug-likeness (QED) is 0.788. The summed E-state index contributed by atoms with van der Waals surface area (Å²) in [4.78, 5) is 11.6. The molecule has 0 saturated carbocycles. The summed E-state index contributed by atoms with van der Waals surface area (Å²) >= 11 is 0. The summed E-state index contributed by atoms with van der Waals surface area (Å²) in [6.45, 7) is 0.454. The molecule has 1 unspecified atom stereocenters. The Morgan fingerprint density at radius 1 is 1.39 bits per heavy atom. The summed E-state index contributed by atoms with van der Waals surface area (Å²) in [5, 5.41) is 0. The molecule has 0 radical (unpaired) electrons. The number of methoxy groups -OCH3 is 2. The Balaban J connectivity index is 2.45. The Kier molecular flexibility index (Phi) is 5.28. The van der Waals surface area contributed by atoms with Crippen molar-refractivity contribution in [3.8, 4) is 5.75 Å². The number of rotatable bonds is 7. The SMILES string of the molecule is COCC1(CC(N)=O)CCCN1S(=O)(=O)c1cccc(OC)c1. The molecule has 1 aliphatic rings. The number of primary amides is 1. The predicted octanol–water partition coefficient (Wildman–Crippen LogP) is 0.740. The highest BCUT2D eigenvalue weighted by molar-refractivity contribution is 7.89. The molecule has 0 aromatic heterocycles. The zero-order chi connectivity index (χ0) is 17.1. The number of carbonyl (C=O) groups excluding carboxylic acids is 1. The van der Waals surface area contributed by atoms with E-state index in [0.717, 1.165) is 0 Å². The van der Waals surface area contributed by atoms with E-state index in [2.05, 4.69) is 0 Å². The molecule has 1 aromatic carbocycles. The van der Waals surface area contributed by atoms with Gasteiger partial charge in [0.1, 0.15) is 5.75 Å². The second-order valence-electron chi connectivity index (χ2n) is 5.66. The maximum absolute atomic E-state index is 13.0. The van der Waals surface area contributed by atoms with Crippen LogP contribution in [0.25, 0.3) is 0 Å². The van der Waals surface area contributed by atoms with Crippen molar-refractivity contribution >= 4 is 15.9 Å². The largest absolute Gasteiger partial charge is 0.497 e. The van der Waals surface area contributed by atoms with E-state index in [0.29, 0.717) is 25.1 Å². The van der Waals surface area contributed by atoms with Crippen molar-refractivity contribution in [1.82, 2.24) is 4.31 Å². The van der Waals surface area contributed by atoms with E-state index in [1.165, 1.54) is 30.7 Å². The smallest absolute Gasteiger partial charge is 0.243 e. The standard InChI is InChI=1S/C15H22N2O5S/c1-21-11-15(10-14(16)18)7-4-8-17(15)23(19,20)13-6-3-5-12(9-13)22-2/h3,5-6,9H,4,7-8,10-11H2,1-2H3,(H2,16,18). The Bertz CT molecular complexity index is 676. The van der Waals surface area contributed by atoms with Crippen LogP contribution in [0.5, 0.6) is 5.75 Å². The summed E-state index contributed by atoms with van der Waals surface area (Å²) in [5.41, 5.74) is 4.41. The van der Waals surface area contributed by atoms with Gasteiger partial charge in [-0.3, -0.25) is 4.79 Å². The normalized spacial score (nSPS) is 22.2. The van der Waals surface area contributed by atoms with Gasteiger partial charge >= 0.3 is 0 Å². The molecule has 1 amide bonds. The fraction of sp³-hybridized carbons (Fsp3) is 0.533. The van der Waals surface area contributed by atoms with E-state index in [1.807, 2.05) is 0 Å². The van der Waals surface area contributed by atoms with Crippen molar-refractivity contribution in [3.63, 3.8) is 0 Å². The van der Waals surface area contributed by atoms with Crippen molar-refractivity contribution in [1.29, 1.82) is 0 Å². The zero-order valence-corrected chi connectivity index (χ0v) is 14.1. The Morgan fingerprint density at radius 3 is 2.74 bits per heavy atom. The third-order valence-corrected chi connectivity index (χ3v) is 6.08. The van der Waals surface area contributed by atoms with E-state index in [9.17, 15) is 13.2 Å². The Hall–Kier alpha value is -1.64. The molecule has 1 atom stereocenters. The lowest BCUT2D eigenvalue weighted by atomic mass is 9.94. The highest BCUT2D eigenvalue weighted by Gasteiger charge is 2.48. The van der Waals surface area contributed by atoms with Gasteiger partial charge in [-0.05, 0) is 25.0 Å². The first-order valence-electron chi connectivity index (χ1n) is 7.30. The Morgan fingerprint density at radius 2 is 2.13 bits per heavy atom. The second kappa shape index (κ2) is 6.86. The second-order valence-corrected chi connectivity index (χ2v) is 7.52. The molecule has 1 fully saturated rings. The Labute approximate surface area is 136 Å². The summed E-state index contributed by atoms with van der Waals surface area (Å²) in [6, 6.07) is 6.27. The van der Waals surface area contributed by atoms with Gasteiger partial charge < -0.3 is 15.2 Å². The van der Waals surface area contributed by atoms with Crippen LogP contribution in [0.2, 0.25) is 0 Å². The van der Waals surface area contributed by atoms with Crippen molar-refractivity contribution in [3.05, 3.63) is 24.3 Å². The van der Waals surface area contributed by atoms with Gasteiger partial charge in [-0.25, -0.2) is 8.42 Å². The van der Waals surface area contributed by atoms with Crippen LogP contribution >= 0.6 is 0 Å². The first kappa shape index (κ1) is 17.7. The molecule has 7 nitrogen and oxygen atoms in total. The van der Waals surface area contributed by atoms with Crippen LogP contribution in [0.3, 0.4) is 0 Å². The molecule has 128 valence electrons. The first-order chi connectivity index (χ1) is 10.9. The van der Waals surface area contributed by atoms with E-state index < -0.39 is 21.5 Å². The number of nitrogens with two attached hydrogens (primary N) is 1. The summed E-state index contributed by atoms with van der Waals surface area (Å²) in [6.07, 6.45) is 1.12. The molecular weight excluding hydrogens is 320 g/mol. The van der Waals surface area contributed by atoms with Crippen LogP contribution in [-0.2, 0) is 19.6 Å². The van der Waals surface area contributed by atoms with E-state index in [4.69, 9.17) is 15.2 Å². The molecule has 8 heteroatoms. The van der Waals surface area contributed by atoms with E-state index in [1.54, 1.807) is 12.1 Å². The van der Waals surface area contributed by atoms with Gasteiger partial charge in [0, 0.05) is 26.1 Å². The van der Waals surface area contributed by atoms with Gasteiger partial charge in [0.15, 0.2) is 0 Å². The summed E-state index contributed by atoms with van der Waals surface area (Å²) in [5.74, 6) is -0.0905. The van der Waals surface area contributed by atoms with Crippen molar-refractivity contribution in [2.24, 2.45) is 5.73 Å². The molecule has 1 aromatic rings. The number of carbonyl (C=O) groups is 1. The lowest BCUT2D eigenvalue weighted by Gasteiger charge is -2.36. The average molecular weight is 342 g/mol. The van der Waals surface area contributed by atoms with Gasteiger partial charge in [0.25, 0.3) is 0 Å². The molecule has 1 heterocycles. The van der Waals surface area contributed by atoms with Gasteiger partial charge in [-0.15, -0.1) is 0 Å². The van der Waals surface area contributed by atoms with Gasteiger partial charge in [-0.1, -0.05) is 6.07 Å². The molecule has 2 rings (SSSR count). The van der Waals surface area contributed by atoms with Crippen LogP contribution in [-0.4, -0.2) is 51.5 Å². The number of hydrogen-bond acceptors (Lipinski definition) is 5. The highest BCUT2D eigenvalue weighted by Crippen LogP contribution is 2.37. The maximum Gasteiger partial charge on any atom is 0.243 e. The lowest BCUT2D eigenvalue weighted by Crippen LogP contribution is -2.52. The molecule has 0 bridgehead atoms. The molecule has 1 aliphatic heterocycles. The molecule has 23 heavy (non-hydrogen) atoms. The fourth-order valence-corrected chi connectivity index (χ4v) is 5.00. The first-order valence-corrected chi connectivity index (χ1v) is 8.74. The number of benzene rings is 1. The predicted molar refractivity (Wildman–Crippen MR) is 84.5 cm³/mol. The number of ether oxygens (including phenoxy) is 2. The van der Waals surface area contributed by atoms with Crippen molar-refractivity contribution in [2.75, 3.05) is 27.4 Å². The number of nitrogens with zero attached hydrogens (tertiary/aromatic N) is 1. The number of sulfonamides is 1. The third-order valence-electron chi connectivity index (χ3n) is 4.08. The van der Waals surface area contributed by atoms with Gasteiger partial charge in [-0.2, -0.15) is 4.31 Å². The minimum atomic E-state index is -3.78. The molecule has 0 spiro atoms. The van der Waals surface area contributed by atoms with Crippen molar-refractivity contribution in [2.45, 2.75) is 29.7 Å². The summed E-state index contributed by atoms with van der Waals surface area (Å²) in [7, 11) is -0.822. The van der Waals surface area contributed by atoms with Crippen LogP contribution < -0.4 is 10.5 Å². The fourth-order valence-electron chi connectivity index (χ4n) is 3.14. The van der Waals surface area contributed by atoms with Crippen LogP contribution in [0.1, 0.15) is 19.3 Å².